The molecule has 3 nitrogen and oxygen atoms in total. The molecule has 0 bridgehead atoms. The molecule has 0 saturated carbocycles. The molecule has 1 unspecified atom stereocenters. The van der Waals surface area contributed by atoms with Crippen molar-refractivity contribution in [2.75, 3.05) is 6.54 Å². The van der Waals surface area contributed by atoms with Gasteiger partial charge in [-0.15, -0.1) is 0 Å². The molecule has 0 rings (SSSR count). The molecule has 0 aliphatic heterocycles. The van der Waals surface area contributed by atoms with Crippen molar-refractivity contribution >= 4 is 5.97 Å². The van der Waals surface area contributed by atoms with Crippen LogP contribution in [0.25, 0.3) is 0 Å². The molecular formula is C18H36NO2-. The van der Waals surface area contributed by atoms with Crippen LogP contribution in [0.2, 0.25) is 0 Å². The number of unbranched alkanes of at least 4 members (excludes halogenated alkanes) is 10. The van der Waals surface area contributed by atoms with Gasteiger partial charge in [-0.1, -0.05) is 77.6 Å². The topological polar surface area (TPSA) is 66.2 Å². The van der Waals surface area contributed by atoms with Crippen molar-refractivity contribution in [2.45, 2.75) is 96.8 Å². The minimum absolute atomic E-state index is 0.259. The zero-order valence-electron chi connectivity index (χ0n) is 14.1. The SMILES string of the molecule is CCCCCCCCCCCCC(CCCCN)C(=O)[O-]. The molecule has 0 aliphatic carbocycles. The van der Waals surface area contributed by atoms with Crippen LogP contribution in [0.5, 0.6) is 0 Å². The van der Waals surface area contributed by atoms with Gasteiger partial charge in [0, 0.05) is 5.97 Å². The Kier molecular flexibility index (Phi) is 15.4. The van der Waals surface area contributed by atoms with Crippen LogP contribution in [0.3, 0.4) is 0 Å². The fourth-order valence-electron chi connectivity index (χ4n) is 2.79. The number of carbonyl (C=O) groups excluding carboxylic acids is 1. The molecule has 0 aromatic carbocycles. The molecule has 0 fully saturated rings. The summed E-state index contributed by atoms with van der Waals surface area (Å²) in [5.41, 5.74) is 5.43. The highest BCUT2D eigenvalue weighted by atomic mass is 16.4. The largest absolute Gasteiger partial charge is 0.550 e. The summed E-state index contributed by atoms with van der Waals surface area (Å²) >= 11 is 0. The maximum atomic E-state index is 11.0. The van der Waals surface area contributed by atoms with Crippen LogP contribution in [0, 0.1) is 5.92 Å². The van der Waals surface area contributed by atoms with Gasteiger partial charge in [0.25, 0.3) is 0 Å². The molecule has 0 aromatic rings. The minimum atomic E-state index is -0.872. The smallest absolute Gasteiger partial charge is 0.0445 e. The van der Waals surface area contributed by atoms with E-state index in [1.54, 1.807) is 0 Å². The van der Waals surface area contributed by atoms with Gasteiger partial charge in [0.15, 0.2) is 0 Å². The first-order valence-corrected chi connectivity index (χ1v) is 9.13. The number of carbonyl (C=O) groups is 1. The summed E-state index contributed by atoms with van der Waals surface area (Å²) in [5, 5.41) is 11.0. The lowest BCUT2D eigenvalue weighted by Gasteiger charge is -2.17. The second-order valence-corrected chi connectivity index (χ2v) is 6.27. The molecule has 0 amide bonds. The number of carboxylic acids is 1. The number of carboxylic acid groups (broad SMARTS) is 1. The van der Waals surface area contributed by atoms with Crippen molar-refractivity contribution in [2.24, 2.45) is 11.7 Å². The van der Waals surface area contributed by atoms with Crippen molar-refractivity contribution in [3.05, 3.63) is 0 Å². The third-order valence-corrected chi connectivity index (χ3v) is 4.25. The lowest BCUT2D eigenvalue weighted by molar-refractivity contribution is -0.312. The first-order valence-electron chi connectivity index (χ1n) is 9.13. The van der Waals surface area contributed by atoms with E-state index in [4.69, 9.17) is 5.73 Å². The van der Waals surface area contributed by atoms with Crippen LogP contribution < -0.4 is 10.8 Å². The number of hydrogen-bond acceptors (Lipinski definition) is 3. The maximum Gasteiger partial charge on any atom is 0.0445 e. The molecule has 126 valence electrons. The van der Waals surface area contributed by atoms with Gasteiger partial charge in [0.05, 0.1) is 0 Å². The molecular weight excluding hydrogens is 262 g/mol. The van der Waals surface area contributed by atoms with Gasteiger partial charge in [0.2, 0.25) is 0 Å². The standard InChI is InChI=1S/C18H37NO2/c1-2-3-4-5-6-7-8-9-10-11-14-17(18(20)21)15-12-13-16-19/h17H,2-16,19H2,1H3,(H,20,21)/p-1. The lowest BCUT2D eigenvalue weighted by atomic mass is 9.95. The fourth-order valence-corrected chi connectivity index (χ4v) is 2.79. The Labute approximate surface area is 131 Å². The van der Waals surface area contributed by atoms with Gasteiger partial charge < -0.3 is 15.6 Å². The number of rotatable bonds is 16. The van der Waals surface area contributed by atoms with Crippen LogP contribution in [0.4, 0.5) is 0 Å². The van der Waals surface area contributed by atoms with Crippen LogP contribution in [-0.4, -0.2) is 12.5 Å². The molecule has 3 heteroatoms. The van der Waals surface area contributed by atoms with E-state index < -0.39 is 5.97 Å². The van der Waals surface area contributed by atoms with Gasteiger partial charge in [-0.05, 0) is 31.7 Å². The summed E-state index contributed by atoms with van der Waals surface area (Å²) in [4.78, 5) is 11.0. The molecule has 1 atom stereocenters. The van der Waals surface area contributed by atoms with Crippen LogP contribution >= 0.6 is 0 Å². The summed E-state index contributed by atoms with van der Waals surface area (Å²) in [6.07, 6.45) is 16.2. The Morgan fingerprint density at radius 3 is 1.67 bits per heavy atom. The van der Waals surface area contributed by atoms with Gasteiger partial charge in [-0.2, -0.15) is 0 Å². The maximum absolute atomic E-state index is 11.0. The summed E-state index contributed by atoms with van der Waals surface area (Å²) in [5.74, 6) is -1.13. The second kappa shape index (κ2) is 15.8. The van der Waals surface area contributed by atoms with Crippen molar-refractivity contribution in [3.8, 4) is 0 Å². The van der Waals surface area contributed by atoms with E-state index in [9.17, 15) is 9.90 Å². The highest BCUT2D eigenvalue weighted by molar-refractivity contribution is 5.67. The molecule has 0 saturated heterocycles. The Hall–Kier alpha value is -0.570. The van der Waals surface area contributed by atoms with Gasteiger partial charge in [-0.25, -0.2) is 0 Å². The average molecular weight is 298 g/mol. The van der Waals surface area contributed by atoms with Gasteiger partial charge in [0.1, 0.15) is 0 Å². The Morgan fingerprint density at radius 1 is 0.810 bits per heavy atom. The molecule has 21 heavy (non-hydrogen) atoms. The van der Waals surface area contributed by atoms with E-state index in [0.717, 1.165) is 38.5 Å². The normalized spacial score (nSPS) is 12.5. The number of hydrogen-bond donors (Lipinski definition) is 1. The van der Waals surface area contributed by atoms with Crippen LogP contribution in [0.1, 0.15) is 96.8 Å². The predicted octanol–water partition coefficient (Wildman–Crippen LogP) is 3.79. The fraction of sp³-hybridized carbons (Fsp3) is 0.944. The van der Waals surface area contributed by atoms with E-state index in [1.165, 1.54) is 51.4 Å². The quantitative estimate of drug-likeness (QED) is 0.441. The van der Waals surface area contributed by atoms with Crippen LogP contribution in [0.15, 0.2) is 0 Å². The third-order valence-electron chi connectivity index (χ3n) is 4.25. The number of nitrogens with two attached hydrogens (primary N) is 1. The molecule has 2 N–H and O–H groups in total. The van der Waals surface area contributed by atoms with Crippen molar-refractivity contribution in [3.63, 3.8) is 0 Å². The molecule has 0 heterocycles. The van der Waals surface area contributed by atoms with Crippen molar-refractivity contribution < 1.29 is 9.90 Å². The first-order chi connectivity index (χ1) is 10.2. The summed E-state index contributed by atoms with van der Waals surface area (Å²) in [6.45, 7) is 2.90. The van der Waals surface area contributed by atoms with E-state index in [0.29, 0.717) is 6.54 Å². The summed E-state index contributed by atoms with van der Waals surface area (Å²) in [7, 11) is 0. The second-order valence-electron chi connectivity index (χ2n) is 6.27. The van der Waals surface area contributed by atoms with E-state index in [2.05, 4.69) is 6.92 Å². The molecule has 0 spiro atoms. The third kappa shape index (κ3) is 14.1. The van der Waals surface area contributed by atoms with E-state index in [-0.39, 0.29) is 5.92 Å². The zero-order valence-corrected chi connectivity index (χ0v) is 14.1. The summed E-state index contributed by atoms with van der Waals surface area (Å²) < 4.78 is 0. The van der Waals surface area contributed by atoms with E-state index >= 15 is 0 Å². The Balaban J connectivity index is 3.39. The average Bonchev–Trinajstić information content (AvgIpc) is 2.47. The van der Waals surface area contributed by atoms with Gasteiger partial charge in [-0.3, -0.25) is 0 Å². The molecule has 0 aliphatic rings. The number of aliphatic carboxylic acids is 1. The summed E-state index contributed by atoms with van der Waals surface area (Å²) in [6, 6.07) is 0. The van der Waals surface area contributed by atoms with E-state index in [1.807, 2.05) is 0 Å². The van der Waals surface area contributed by atoms with Crippen LogP contribution in [-0.2, 0) is 4.79 Å². The predicted molar refractivity (Wildman–Crippen MR) is 87.9 cm³/mol. The molecule has 0 aromatic heterocycles. The van der Waals surface area contributed by atoms with Crippen molar-refractivity contribution in [1.29, 1.82) is 0 Å². The highest BCUT2D eigenvalue weighted by Gasteiger charge is 2.09. The zero-order chi connectivity index (χ0) is 15.8. The van der Waals surface area contributed by atoms with Gasteiger partial charge >= 0.3 is 0 Å². The Morgan fingerprint density at radius 2 is 1.24 bits per heavy atom. The Bertz CT molecular complexity index is 231. The minimum Gasteiger partial charge on any atom is -0.550 e. The molecule has 0 radical (unpaired) electrons. The lowest BCUT2D eigenvalue weighted by Crippen LogP contribution is -2.31. The van der Waals surface area contributed by atoms with Crippen molar-refractivity contribution in [1.82, 2.24) is 0 Å². The highest BCUT2D eigenvalue weighted by Crippen LogP contribution is 2.17. The first kappa shape index (κ1) is 20.4. The monoisotopic (exact) mass is 298 g/mol.